The average molecular weight is 167 g/mol. The summed E-state index contributed by atoms with van der Waals surface area (Å²) in [6.07, 6.45) is 0.894. The van der Waals surface area contributed by atoms with E-state index in [-0.39, 0.29) is 18.2 Å². The Hall–Kier alpha value is -1.45. The number of cyclic esters (lactones) is 1. The third-order valence-electron chi connectivity index (χ3n) is 1.86. The van der Waals surface area contributed by atoms with Gasteiger partial charge in [0.1, 0.15) is 5.76 Å². The summed E-state index contributed by atoms with van der Waals surface area (Å²) >= 11 is 0. The Morgan fingerprint density at radius 3 is 2.92 bits per heavy atom. The third-order valence-corrected chi connectivity index (χ3v) is 1.86. The number of carbonyl (C=O) groups is 1. The fraction of sp³-hybridized carbons (Fsp3) is 0.375. The molecule has 1 aliphatic rings. The highest BCUT2D eigenvalue weighted by Crippen LogP contribution is 2.25. The first-order valence-electron chi connectivity index (χ1n) is 3.78. The average Bonchev–Trinajstić information content (AvgIpc) is 2.58. The van der Waals surface area contributed by atoms with Crippen LogP contribution >= 0.6 is 0 Å². The van der Waals surface area contributed by atoms with Gasteiger partial charge in [-0.05, 0) is 19.1 Å². The Balaban J connectivity index is 2.20. The smallest absolute Gasteiger partial charge is 0.408 e. The van der Waals surface area contributed by atoms with Gasteiger partial charge >= 0.3 is 6.09 Å². The molecule has 1 saturated heterocycles. The van der Waals surface area contributed by atoms with E-state index in [0.29, 0.717) is 5.76 Å². The van der Waals surface area contributed by atoms with Crippen LogP contribution in [0.5, 0.6) is 0 Å². The zero-order valence-corrected chi connectivity index (χ0v) is 6.61. The van der Waals surface area contributed by atoms with E-state index in [1.54, 1.807) is 18.4 Å². The third kappa shape index (κ3) is 1.05. The van der Waals surface area contributed by atoms with Crippen LogP contribution in [-0.4, -0.2) is 12.1 Å². The number of rotatable bonds is 1. The van der Waals surface area contributed by atoms with Gasteiger partial charge in [0.2, 0.25) is 0 Å². The lowest BCUT2D eigenvalue weighted by molar-refractivity contribution is 0.120. The number of furan rings is 1. The van der Waals surface area contributed by atoms with Crippen molar-refractivity contribution in [3.05, 3.63) is 24.2 Å². The molecule has 0 bridgehead atoms. The van der Waals surface area contributed by atoms with Crippen LogP contribution in [-0.2, 0) is 4.74 Å². The second kappa shape index (κ2) is 2.55. The van der Waals surface area contributed by atoms with Crippen LogP contribution < -0.4 is 5.32 Å². The van der Waals surface area contributed by atoms with E-state index in [9.17, 15) is 4.79 Å². The zero-order valence-electron chi connectivity index (χ0n) is 6.61. The maximum atomic E-state index is 10.8. The van der Waals surface area contributed by atoms with Gasteiger partial charge in [0.25, 0.3) is 0 Å². The Labute approximate surface area is 69.5 Å². The molecule has 0 unspecified atom stereocenters. The molecule has 2 heterocycles. The summed E-state index contributed by atoms with van der Waals surface area (Å²) in [5, 5.41) is 2.63. The minimum absolute atomic E-state index is 0.0244. The molecule has 0 saturated carbocycles. The summed E-state index contributed by atoms with van der Waals surface area (Å²) < 4.78 is 10.1. The number of hydrogen-bond acceptors (Lipinski definition) is 3. The molecule has 4 heteroatoms. The molecule has 1 fully saturated rings. The molecule has 4 nitrogen and oxygen atoms in total. The van der Waals surface area contributed by atoms with Crippen molar-refractivity contribution in [3.63, 3.8) is 0 Å². The molecule has 1 aromatic rings. The largest absolute Gasteiger partial charge is 0.465 e. The molecule has 12 heavy (non-hydrogen) atoms. The van der Waals surface area contributed by atoms with Gasteiger partial charge < -0.3 is 14.5 Å². The number of hydrogen-bond donors (Lipinski definition) is 1. The van der Waals surface area contributed by atoms with Crippen molar-refractivity contribution >= 4 is 6.09 Å². The Morgan fingerprint density at radius 2 is 2.42 bits per heavy atom. The van der Waals surface area contributed by atoms with Crippen molar-refractivity contribution in [2.75, 3.05) is 0 Å². The summed E-state index contributed by atoms with van der Waals surface area (Å²) in [5.74, 6) is 0.681. The standard InChI is InChI=1S/C8H9NO3/c1-5-7(12-8(10)9-5)6-3-2-4-11-6/h2-5,7H,1H3,(H,9,10)/t5-,7+/m0/s1. The minimum Gasteiger partial charge on any atom is -0.465 e. The van der Waals surface area contributed by atoms with Gasteiger partial charge in [0.15, 0.2) is 6.10 Å². The minimum atomic E-state index is -0.385. The summed E-state index contributed by atoms with van der Waals surface area (Å²) in [6, 6.07) is 3.54. The predicted molar refractivity (Wildman–Crippen MR) is 40.5 cm³/mol. The highest BCUT2D eigenvalue weighted by molar-refractivity contribution is 5.70. The Bertz CT molecular complexity index is 281. The number of carbonyl (C=O) groups excluding carboxylic acids is 1. The quantitative estimate of drug-likeness (QED) is 0.688. The molecule has 0 aromatic carbocycles. The molecule has 64 valence electrons. The maximum absolute atomic E-state index is 10.8. The van der Waals surface area contributed by atoms with Gasteiger partial charge in [-0.25, -0.2) is 4.79 Å². The van der Waals surface area contributed by atoms with Crippen LogP contribution in [0.1, 0.15) is 18.8 Å². The monoisotopic (exact) mass is 167 g/mol. The second-order valence-electron chi connectivity index (χ2n) is 2.77. The number of nitrogens with one attached hydrogen (secondary N) is 1. The van der Waals surface area contributed by atoms with Crippen molar-refractivity contribution in [3.8, 4) is 0 Å². The van der Waals surface area contributed by atoms with Crippen LogP contribution in [0, 0.1) is 0 Å². The van der Waals surface area contributed by atoms with Crippen molar-refractivity contribution in [2.24, 2.45) is 0 Å². The highest BCUT2D eigenvalue weighted by Gasteiger charge is 2.33. The zero-order chi connectivity index (χ0) is 8.55. The van der Waals surface area contributed by atoms with Crippen LogP contribution in [0.3, 0.4) is 0 Å². The van der Waals surface area contributed by atoms with E-state index in [2.05, 4.69) is 5.32 Å². The Morgan fingerprint density at radius 1 is 1.58 bits per heavy atom. The number of alkyl carbamates (subject to hydrolysis) is 1. The Kier molecular flexibility index (Phi) is 1.53. The van der Waals surface area contributed by atoms with Crippen molar-refractivity contribution in [1.29, 1.82) is 0 Å². The molecular weight excluding hydrogens is 158 g/mol. The lowest BCUT2D eigenvalue weighted by atomic mass is 10.1. The van der Waals surface area contributed by atoms with Crippen molar-refractivity contribution in [1.82, 2.24) is 5.32 Å². The summed E-state index contributed by atoms with van der Waals surface area (Å²) in [6.45, 7) is 1.87. The molecule has 1 N–H and O–H groups in total. The fourth-order valence-electron chi connectivity index (χ4n) is 1.27. The summed E-state index contributed by atoms with van der Waals surface area (Å²) in [4.78, 5) is 10.8. The van der Waals surface area contributed by atoms with Crippen molar-refractivity contribution in [2.45, 2.75) is 19.1 Å². The lowest BCUT2D eigenvalue weighted by Crippen LogP contribution is -2.23. The lowest BCUT2D eigenvalue weighted by Gasteiger charge is -2.08. The molecule has 0 radical (unpaired) electrons. The van der Waals surface area contributed by atoms with Gasteiger partial charge in [0, 0.05) is 0 Å². The van der Waals surface area contributed by atoms with E-state index in [1.165, 1.54) is 0 Å². The fourth-order valence-corrected chi connectivity index (χ4v) is 1.27. The second-order valence-corrected chi connectivity index (χ2v) is 2.77. The van der Waals surface area contributed by atoms with Crippen LogP contribution in [0.25, 0.3) is 0 Å². The normalized spacial score (nSPS) is 28.2. The van der Waals surface area contributed by atoms with Gasteiger partial charge in [-0.3, -0.25) is 0 Å². The SMILES string of the molecule is C[C@@H]1NC(=O)O[C@H]1c1ccco1. The topological polar surface area (TPSA) is 51.5 Å². The molecule has 1 aromatic heterocycles. The van der Waals surface area contributed by atoms with Crippen molar-refractivity contribution < 1.29 is 13.9 Å². The molecule has 1 aliphatic heterocycles. The van der Waals surface area contributed by atoms with E-state index in [1.807, 2.05) is 6.92 Å². The van der Waals surface area contributed by atoms with Gasteiger partial charge in [-0.15, -0.1) is 0 Å². The van der Waals surface area contributed by atoms with Gasteiger partial charge in [-0.1, -0.05) is 0 Å². The van der Waals surface area contributed by atoms with Gasteiger partial charge in [-0.2, -0.15) is 0 Å². The number of ether oxygens (including phenoxy) is 1. The molecule has 2 atom stereocenters. The van der Waals surface area contributed by atoms with Crippen LogP contribution in [0.15, 0.2) is 22.8 Å². The van der Waals surface area contributed by atoms with E-state index in [0.717, 1.165) is 0 Å². The molecule has 1 amide bonds. The summed E-state index contributed by atoms with van der Waals surface area (Å²) in [7, 11) is 0. The van der Waals surface area contributed by atoms with Gasteiger partial charge in [0.05, 0.1) is 12.3 Å². The first-order valence-corrected chi connectivity index (χ1v) is 3.78. The first kappa shape index (κ1) is 7.21. The maximum Gasteiger partial charge on any atom is 0.408 e. The van der Waals surface area contributed by atoms with Crippen LogP contribution in [0.2, 0.25) is 0 Å². The summed E-state index contributed by atoms with van der Waals surface area (Å²) in [5.41, 5.74) is 0. The first-order chi connectivity index (χ1) is 5.77. The molecule has 2 rings (SSSR count). The highest BCUT2D eigenvalue weighted by atomic mass is 16.6. The molecular formula is C8H9NO3. The van der Waals surface area contributed by atoms with E-state index in [4.69, 9.17) is 9.15 Å². The predicted octanol–water partition coefficient (Wildman–Crippen LogP) is 1.45. The molecule has 0 spiro atoms. The van der Waals surface area contributed by atoms with Crippen LogP contribution in [0.4, 0.5) is 4.79 Å². The molecule has 0 aliphatic carbocycles. The number of amides is 1. The van der Waals surface area contributed by atoms with E-state index >= 15 is 0 Å². The van der Waals surface area contributed by atoms with E-state index < -0.39 is 0 Å².